The van der Waals surface area contributed by atoms with E-state index < -0.39 is 0 Å². The molecular formula is C19H19N3O2S. The van der Waals surface area contributed by atoms with Gasteiger partial charge in [-0.1, -0.05) is 46.7 Å². The van der Waals surface area contributed by atoms with Crippen molar-refractivity contribution in [2.45, 2.75) is 31.2 Å². The smallest absolute Gasteiger partial charge is 0.254 e. The van der Waals surface area contributed by atoms with Crippen LogP contribution in [0.3, 0.4) is 0 Å². The number of hydrogen-bond acceptors (Lipinski definition) is 5. The third kappa shape index (κ3) is 4.70. The van der Waals surface area contributed by atoms with Crippen molar-refractivity contribution in [3.63, 3.8) is 0 Å². The van der Waals surface area contributed by atoms with Crippen LogP contribution < -0.4 is 5.32 Å². The molecule has 0 saturated heterocycles. The number of hydrogen-bond donors (Lipinski definition) is 1. The molecule has 0 radical (unpaired) electrons. The van der Waals surface area contributed by atoms with Gasteiger partial charge in [0.05, 0.1) is 11.3 Å². The fraction of sp³-hybridized carbons (Fsp3) is 0.211. The van der Waals surface area contributed by atoms with Crippen LogP contribution in [-0.4, -0.2) is 16.0 Å². The fourth-order valence-corrected chi connectivity index (χ4v) is 3.28. The van der Waals surface area contributed by atoms with Crippen molar-refractivity contribution in [1.29, 1.82) is 0 Å². The SMILES string of the molecule is Cc1cccc(CNC(=O)c2cccnc2SCc2cc(C)on2)c1. The number of aryl methyl sites for hydroxylation is 2. The summed E-state index contributed by atoms with van der Waals surface area (Å²) in [6.07, 6.45) is 1.69. The number of aromatic nitrogens is 2. The predicted molar refractivity (Wildman–Crippen MR) is 97.4 cm³/mol. The second-order valence-electron chi connectivity index (χ2n) is 5.75. The highest BCUT2D eigenvalue weighted by atomic mass is 32.2. The molecule has 1 aromatic carbocycles. The maximum atomic E-state index is 12.5. The molecule has 0 fully saturated rings. The molecule has 0 aliphatic heterocycles. The molecule has 0 atom stereocenters. The van der Waals surface area contributed by atoms with Crippen molar-refractivity contribution in [2.24, 2.45) is 0 Å². The Balaban J connectivity index is 1.65. The van der Waals surface area contributed by atoms with Gasteiger partial charge in [-0.2, -0.15) is 0 Å². The molecule has 3 rings (SSSR count). The Kier molecular flexibility index (Phi) is 5.50. The minimum atomic E-state index is -0.131. The Morgan fingerprint density at radius 3 is 2.84 bits per heavy atom. The van der Waals surface area contributed by atoms with Gasteiger partial charge in [-0.3, -0.25) is 4.79 Å². The van der Waals surface area contributed by atoms with Gasteiger partial charge in [-0.25, -0.2) is 4.98 Å². The van der Waals surface area contributed by atoms with Gasteiger partial charge in [0.1, 0.15) is 10.8 Å². The van der Waals surface area contributed by atoms with E-state index in [0.29, 0.717) is 22.9 Å². The van der Waals surface area contributed by atoms with Crippen molar-refractivity contribution < 1.29 is 9.32 Å². The highest BCUT2D eigenvalue weighted by Gasteiger charge is 2.13. The molecule has 128 valence electrons. The summed E-state index contributed by atoms with van der Waals surface area (Å²) < 4.78 is 5.06. The molecule has 5 nitrogen and oxygen atoms in total. The van der Waals surface area contributed by atoms with E-state index in [1.54, 1.807) is 18.3 Å². The van der Waals surface area contributed by atoms with Crippen LogP contribution in [0.1, 0.15) is 32.9 Å². The number of rotatable bonds is 6. The number of carbonyl (C=O) groups excluding carboxylic acids is 1. The lowest BCUT2D eigenvalue weighted by molar-refractivity contribution is 0.0947. The summed E-state index contributed by atoms with van der Waals surface area (Å²) in [5.41, 5.74) is 3.65. The molecule has 0 spiro atoms. The Labute approximate surface area is 150 Å². The Hall–Kier alpha value is -2.60. The summed E-state index contributed by atoms with van der Waals surface area (Å²) in [6, 6.07) is 13.5. The van der Waals surface area contributed by atoms with Crippen molar-refractivity contribution in [2.75, 3.05) is 0 Å². The van der Waals surface area contributed by atoms with Crippen LogP contribution in [-0.2, 0) is 12.3 Å². The molecule has 2 heterocycles. The van der Waals surface area contributed by atoms with E-state index in [0.717, 1.165) is 17.0 Å². The van der Waals surface area contributed by atoms with Gasteiger partial charge in [-0.15, -0.1) is 0 Å². The van der Waals surface area contributed by atoms with Crippen molar-refractivity contribution in [3.05, 3.63) is 76.8 Å². The van der Waals surface area contributed by atoms with E-state index >= 15 is 0 Å². The largest absolute Gasteiger partial charge is 0.361 e. The summed E-state index contributed by atoms with van der Waals surface area (Å²) in [5, 5.41) is 7.61. The van der Waals surface area contributed by atoms with Gasteiger partial charge in [0, 0.05) is 24.6 Å². The monoisotopic (exact) mass is 353 g/mol. The zero-order valence-corrected chi connectivity index (χ0v) is 15.0. The van der Waals surface area contributed by atoms with Crippen LogP contribution in [0.4, 0.5) is 0 Å². The van der Waals surface area contributed by atoms with E-state index in [9.17, 15) is 4.79 Å². The fourth-order valence-electron chi connectivity index (χ4n) is 2.41. The van der Waals surface area contributed by atoms with Crippen LogP contribution in [0.25, 0.3) is 0 Å². The van der Waals surface area contributed by atoms with Crippen molar-refractivity contribution >= 4 is 17.7 Å². The molecule has 2 aromatic heterocycles. The van der Waals surface area contributed by atoms with E-state index in [4.69, 9.17) is 4.52 Å². The Bertz CT molecular complexity index is 876. The van der Waals surface area contributed by atoms with E-state index in [1.807, 2.05) is 38.1 Å². The van der Waals surface area contributed by atoms with Crippen molar-refractivity contribution in [1.82, 2.24) is 15.5 Å². The van der Waals surface area contributed by atoms with Gasteiger partial charge in [0.15, 0.2) is 0 Å². The van der Waals surface area contributed by atoms with Gasteiger partial charge >= 0.3 is 0 Å². The summed E-state index contributed by atoms with van der Waals surface area (Å²) in [5.74, 6) is 1.24. The van der Waals surface area contributed by atoms with Gasteiger partial charge < -0.3 is 9.84 Å². The first kappa shape index (κ1) is 17.2. The first-order chi connectivity index (χ1) is 12.1. The molecule has 0 aliphatic rings. The molecule has 25 heavy (non-hydrogen) atoms. The number of pyridine rings is 1. The highest BCUT2D eigenvalue weighted by molar-refractivity contribution is 7.98. The lowest BCUT2D eigenvalue weighted by Crippen LogP contribution is -2.23. The predicted octanol–water partition coefficient (Wildman–Crippen LogP) is 3.91. The first-order valence-electron chi connectivity index (χ1n) is 7.95. The minimum absolute atomic E-state index is 0.131. The molecule has 0 aliphatic carbocycles. The molecule has 0 unspecified atom stereocenters. The summed E-state index contributed by atoms with van der Waals surface area (Å²) >= 11 is 1.47. The minimum Gasteiger partial charge on any atom is -0.361 e. The van der Waals surface area contributed by atoms with Gasteiger partial charge in [-0.05, 0) is 31.5 Å². The zero-order valence-electron chi connectivity index (χ0n) is 14.2. The van der Waals surface area contributed by atoms with Crippen LogP contribution in [0.2, 0.25) is 0 Å². The average molecular weight is 353 g/mol. The standard InChI is InChI=1S/C19H19N3O2S/c1-13-5-3-6-15(9-13)11-21-18(23)17-7-4-8-20-19(17)25-12-16-10-14(2)24-22-16/h3-10H,11-12H2,1-2H3,(H,21,23). The Morgan fingerprint density at radius 1 is 1.20 bits per heavy atom. The molecule has 3 aromatic rings. The van der Waals surface area contributed by atoms with E-state index in [1.165, 1.54) is 17.3 Å². The first-order valence-corrected chi connectivity index (χ1v) is 8.94. The van der Waals surface area contributed by atoms with Crippen LogP contribution in [0.15, 0.2) is 58.2 Å². The highest BCUT2D eigenvalue weighted by Crippen LogP contribution is 2.24. The lowest BCUT2D eigenvalue weighted by Gasteiger charge is -2.09. The molecular weight excluding hydrogens is 334 g/mol. The molecule has 0 bridgehead atoms. The topological polar surface area (TPSA) is 68.0 Å². The molecule has 1 N–H and O–H groups in total. The van der Waals surface area contributed by atoms with Crippen LogP contribution in [0.5, 0.6) is 0 Å². The lowest BCUT2D eigenvalue weighted by atomic mass is 10.1. The summed E-state index contributed by atoms with van der Waals surface area (Å²) in [7, 11) is 0. The van der Waals surface area contributed by atoms with E-state index in [-0.39, 0.29) is 5.91 Å². The van der Waals surface area contributed by atoms with E-state index in [2.05, 4.69) is 21.5 Å². The third-order valence-electron chi connectivity index (χ3n) is 3.58. The number of carbonyl (C=O) groups is 1. The number of benzene rings is 1. The number of amides is 1. The van der Waals surface area contributed by atoms with Crippen LogP contribution >= 0.6 is 11.8 Å². The second kappa shape index (κ2) is 7.98. The second-order valence-corrected chi connectivity index (χ2v) is 6.71. The third-order valence-corrected chi connectivity index (χ3v) is 4.62. The summed E-state index contributed by atoms with van der Waals surface area (Å²) in [6.45, 7) is 4.38. The number of nitrogens with zero attached hydrogens (tertiary/aromatic N) is 2. The normalized spacial score (nSPS) is 10.6. The number of thioether (sulfide) groups is 1. The van der Waals surface area contributed by atoms with Crippen molar-refractivity contribution in [3.8, 4) is 0 Å². The molecule has 6 heteroatoms. The average Bonchev–Trinajstić information content (AvgIpc) is 3.03. The molecule has 1 amide bonds. The Morgan fingerprint density at radius 2 is 2.08 bits per heavy atom. The quantitative estimate of drug-likeness (QED) is 0.681. The maximum Gasteiger partial charge on any atom is 0.254 e. The van der Waals surface area contributed by atoms with Crippen LogP contribution in [0, 0.1) is 13.8 Å². The molecule has 0 saturated carbocycles. The zero-order chi connectivity index (χ0) is 17.6. The van der Waals surface area contributed by atoms with Gasteiger partial charge in [0.2, 0.25) is 0 Å². The summed E-state index contributed by atoms with van der Waals surface area (Å²) in [4.78, 5) is 16.9. The van der Waals surface area contributed by atoms with Gasteiger partial charge in [0.25, 0.3) is 5.91 Å². The number of nitrogens with one attached hydrogen (secondary N) is 1. The maximum absolute atomic E-state index is 12.5.